The maximum Gasteiger partial charge on any atom is 0.0794 e. The summed E-state index contributed by atoms with van der Waals surface area (Å²) in [5.74, 6) is 0. The maximum atomic E-state index is 10.3. The van der Waals surface area contributed by atoms with Crippen LogP contribution in [0.1, 0.15) is 23.8 Å². The minimum absolute atomic E-state index is 0.435. The Labute approximate surface area is 114 Å². The summed E-state index contributed by atoms with van der Waals surface area (Å²) in [5, 5.41) is 14.4. The van der Waals surface area contributed by atoms with Gasteiger partial charge < -0.3 is 10.0 Å². The standard InChI is InChI=1S/C15H21N3O/c1-17(2)14-6-4-5-12(11-14)15(19)8-7-13-9-10-16-18(13)3/h4-6,9-11,15,19H,7-8H2,1-3H3. The molecule has 0 saturated heterocycles. The molecule has 0 saturated carbocycles. The molecule has 102 valence electrons. The van der Waals surface area contributed by atoms with Crippen LogP contribution in [0.3, 0.4) is 0 Å². The lowest BCUT2D eigenvalue weighted by molar-refractivity contribution is 0.167. The Bertz CT molecular complexity index is 534. The summed E-state index contributed by atoms with van der Waals surface area (Å²) < 4.78 is 1.85. The molecule has 1 atom stereocenters. The number of benzene rings is 1. The number of aliphatic hydroxyl groups excluding tert-OH is 1. The van der Waals surface area contributed by atoms with Gasteiger partial charge in [-0.2, -0.15) is 5.10 Å². The van der Waals surface area contributed by atoms with Crippen LogP contribution in [0.4, 0.5) is 5.69 Å². The molecule has 0 aliphatic heterocycles. The molecule has 1 unspecified atom stereocenters. The number of aryl methyl sites for hydroxylation is 2. The molecule has 0 fully saturated rings. The largest absolute Gasteiger partial charge is 0.388 e. The predicted octanol–water partition coefficient (Wildman–Crippen LogP) is 2.15. The lowest BCUT2D eigenvalue weighted by atomic mass is 10.0. The minimum Gasteiger partial charge on any atom is -0.388 e. The van der Waals surface area contributed by atoms with Gasteiger partial charge in [-0.15, -0.1) is 0 Å². The number of hydrogen-bond donors (Lipinski definition) is 1. The van der Waals surface area contributed by atoms with Crippen molar-refractivity contribution in [2.24, 2.45) is 7.05 Å². The van der Waals surface area contributed by atoms with Crippen molar-refractivity contribution in [2.75, 3.05) is 19.0 Å². The fraction of sp³-hybridized carbons (Fsp3) is 0.400. The molecule has 0 bridgehead atoms. The molecule has 19 heavy (non-hydrogen) atoms. The summed E-state index contributed by atoms with van der Waals surface area (Å²) in [6.45, 7) is 0. The third kappa shape index (κ3) is 3.35. The smallest absolute Gasteiger partial charge is 0.0794 e. The average Bonchev–Trinajstić information content (AvgIpc) is 2.81. The molecule has 2 aromatic rings. The van der Waals surface area contributed by atoms with Gasteiger partial charge in [0.1, 0.15) is 0 Å². The fourth-order valence-electron chi connectivity index (χ4n) is 2.11. The quantitative estimate of drug-likeness (QED) is 0.894. The van der Waals surface area contributed by atoms with Crippen LogP contribution in [-0.4, -0.2) is 29.0 Å². The molecule has 0 aliphatic carbocycles. The van der Waals surface area contributed by atoms with Gasteiger partial charge in [0.05, 0.1) is 6.10 Å². The van der Waals surface area contributed by atoms with Gasteiger partial charge in [0.15, 0.2) is 0 Å². The van der Waals surface area contributed by atoms with Crippen molar-refractivity contribution >= 4 is 5.69 Å². The molecule has 0 aliphatic rings. The second-order valence-corrected chi connectivity index (χ2v) is 4.99. The van der Waals surface area contributed by atoms with Crippen molar-refractivity contribution < 1.29 is 5.11 Å². The van der Waals surface area contributed by atoms with Gasteiger partial charge in [-0.25, -0.2) is 0 Å². The van der Waals surface area contributed by atoms with Crippen LogP contribution in [-0.2, 0) is 13.5 Å². The normalized spacial score (nSPS) is 12.4. The van der Waals surface area contributed by atoms with Gasteiger partial charge in [-0.05, 0) is 36.6 Å². The van der Waals surface area contributed by atoms with Crippen LogP contribution in [0.15, 0.2) is 36.5 Å². The third-order valence-electron chi connectivity index (χ3n) is 3.37. The topological polar surface area (TPSA) is 41.3 Å². The molecule has 0 amide bonds. The van der Waals surface area contributed by atoms with Gasteiger partial charge in [-0.1, -0.05) is 12.1 Å². The van der Waals surface area contributed by atoms with Crippen LogP contribution in [0.2, 0.25) is 0 Å². The van der Waals surface area contributed by atoms with E-state index in [9.17, 15) is 5.11 Å². The molecule has 1 heterocycles. The average molecular weight is 259 g/mol. The van der Waals surface area contributed by atoms with Crippen LogP contribution < -0.4 is 4.90 Å². The zero-order valence-electron chi connectivity index (χ0n) is 11.7. The molecule has 0 spiro atoms. The van der Waals surface area contributed by atoms with E-state index < -0.39 is 6.10 Å². The van der Waals surface area contributed by atoms with Crippen LogP contribution in [0.5, 0.6) is 0 Å². The van der Waals surface area contributed by atoms with Crippen molar-refractivity contribution in [1.82, 2.24) is 9.78 Å². The zero-order chi connectivity index (χ0) is 13.8. The predicted molar refractivity (Wildman–Crippen MR) is 77.3 cm³/mol. The van der Waals surface area contributed by atoms with E-state index >= 15 is 0 Å². The monoisotopic (exact) mass is 259 g/mol. The summed E-state index contributed by atoms with van der Waals surface area (Å²) in [6, 6.07) is 10.0. The van der Waals surface area contributed by atoms with Gasteiger partial charge in [0.25, 0.3) is 0 Å². The van der Waals surface area contributed by atoms with E-state index in [0.29, 0.717) is 6.42 Å². The van der Waals surface area contributed by atoms with Gasteiger partial charge in [0, 0.05) is 38.7 Å². The second kappa shape index (κ2) is 5.89. The molecular formula is C15H21N3O. The van der Waals surface area contributed by atoms with E-state index in [4.69, 9.17) is 0 Å². The van der Waals surface area contributed by atoms with Crippen molar-refractivity contribution in [1.29, 1.82) is 0 Å². The van der Waals surface area contributed by atoms with Crippen molar-refractivity contribution in [3.8, 4) is 0 Å². The van der Waals surface area contributed by atoms with Crippen LogP contribution >= 0.6 is 0 Å². The van der Waals surface area contributed by atoms with E-state index in [1.807, 2.05) is 61.1 Å². The van der Waals surface area contributed by atoms with Crippen LogP contribution in [0.25, 0.3) is 0 Å². The first-order valence-electron chi connectivity index (χ1n) is 6.50. The number of rotatable bonds is 5. The Hall–Kier alpha value is -1.81. The number of anilines is 1. The Morgan fingerprint density at radius 1 is 1.32 bits per heavy atom. The first-order valence-corrected chi connectivity index (χ1v) is 6.50. The van der Waals surface area contributed by atoms with E-state index in [0.717, 1.165) is 23.4 Å². The van der Waals surface area contributed by atoms with Gasteiger partial charge in [0.2, 0.25) is 0 Å². The molecule has 2 rings (SSSR count). The highest BCUT2D eigenvalue weighted by Crippen LogP contribution is 2.22. The van der Waals surface area contributed by atoms with E-state index in [2.05, 4.69) is 5.10 Å². The molecule has 1 N–H and O–H groups in total. The Balaban J connectivity index is 2.01. The van der Waals surface area contributed by atoms with Crippen molar-refractivity contribution in [2.45, 2.75) is 18.9 Å². The van der Waals surface area contributed by atoms with Crippen molar-refractivity contribution in [3.05, 3.63) is 47.8 Å². The summed E-state index contributed by atoms with van der Waals surface area (Å²) in [4.78, 5) is 2.04. The first kappa shape index (κ1) is 13.6. The lowest BCUT2D eigenvalue weighted by Gasteiger charge is -2.16. The van der Waals surface area contributed by atoms with E-state index in [1.54, 1.807) is 6.20 Å². The molecule has 0 radical (unpaired) electrons. The van der Waals surface area contributed by atoms with Crippen LogP contribution in [0, 0.1) is 0 Å². The molecular weight excluding hydrogens is 238 g/mol. The Kier molecular flexibility index (Phi) is 4.22. The Morgan fingerprint density at radius 3 is 2.74 bits per heavy atom. The van der Waals surface area contributed by atoms with E-state index in [-0.39, 0.29) is 0 Å². The lowest BCUT2D eigenvalue weighted by Crippen LogP contribution is -2.09. The summed E-state index contributed by atoms with van der Waals surface area (Å²) in [6.07, 6.45) is 2.88. The van der Waals surface area contributed by atoms with Gasteiger partial charge in [-0.3, -0.25) is 4.68 Å². The highest BCUT2D eigenvalue weighted by Gasteiger charge is 2.10. The van der Waals surface area contributed by atoms with E-state index in [1.165, 1.54) is 0 Å². The highest BCUT2D eigenvalue weighted by atomic mass is 16.3. The number of hydrogen-bond acceptors (Lipinski definition) is 3. The molecule has 1 aromatic heterocycles. The van der Waals surface area contributed by atoms with Gasteiger partial charge >= 0.3 is 0 Å². The SMILES string of the molecule is CN(C)c1cccc(C(O)CCc2ccnn2C)c1. The molecule has 1 aromatic carbocycles. The summed E-state index contributed by atoms with van der Waals surface area (Å²) in [5.41, 5.74) is 3.22. The zero-order valence-corrected chi connectivity index (χ0v) is 11.7. The number of nitrogens with zero attached hydrogens (tertiary/aromatic N) is 3. The third-order valence-corrected chi connectivity index (χ3v) is 3.37. The van der Waals surface area contributed by atoms with Crippen molar-refractivity contribution in [3.63, 3.8) is 0 Å². The number of aliphatic hydroxyl groups is 1. The highest BCUT2D eigenvalue weighted by molar-refractivity contribution is 5.47. The second-order valence-electron chi connectivity index (χ2n) is 4.99. The summed E-state index contributed by atoms with van der Waals surface area (Å²) in [7, 11) is 5.93. The minimum atomic E-state index is -0.435. The number of aromatic nitrogens is 2. The summed E-state index contributed by atoms with van der Waals surface area (Å²) >= 11 is 0. The first-order chi connectivity index (χ1) is 9.08. The molecule has 4 heteroatoms. The molecule has 4 nitrogen and oxygen atoms in total. The Morgan fingerprint density at radius 2 is 2.11 bits per heavy atom. The fourth-order valence-corrected chi connectivity index (χ4v) is 2.11. The maximum absolute atomic E-state index is 10.3.